The van der Waals surface area contributed by atoms with E-state index in [2.05, 4.69) is 24.5 Å². The van der Waals surface area contributed by atoms with Gasteiger partial charge in [0.05, 0.1) is 44.9 Å². The topological polar surface area (TPSA) is 178 Å². The van der Waals surface area contributed by atoms with Gasteiger partial charge in [-0.3, -0.25) is 23.2 Å². The van der Waals surface area contributed by atoms with Crippen molar-refractivity contribution < 1.29 is 34.0 Å². The van der Waals surface area contributed by atoms with Crippen LogP contribution in [0.15, 0.2) is 76.6 Å². The van der Waals surface area contributed by atoms with Gasteiger partial charge in [-0.1, -0.05) is 30.3 Å². The van der Waals surface area contributed by atoms with E-state index >= 15 is 0 Å². The van der Waals surface area contributed by atoms with Crippen LogP contribution in [0.3, 0.4) is 0 Å². The van der Waals surface area contributed by atoms with Gasteiger partial charge in [0.25, 0.3) is 0 Å². The summed E-state index contributed by atoms with van der Waals surface area (Å²) in [7, 11) is 1.16. The number of esters is 1. The lowest BCUT2D eigenvalue weighted by molar-refractivity contribution is 0.0590. The number of hydrogen-bond acceptors (Lipinski definition) is 13. The van der Waals surface area contributed by atoms with Gasteiger partial charge in [0, 0.05) is 45.0 Å². The summed E-state index contributed by atoms with van der Waals surface area (Å²) in [4.78, 5) is 61.4. The third-order valence-electron chi connectivity index (χ3n) is 8.45. The van der Waals surface area contributed by atoms with Crippen molar-refractivity contribution in [3.8, 4) is 11.5 Å². The van der Waals surface area contributed by atoms with Gasteiger partial charge in [0.15, 0.2) is 17.2 Å². The van der Waals surface area contributed by atoms with Crippen LogP contribution >= 0.6 is 0 Å². The Labute approximate surface area is 285 Å². The maximum absolute atomic E-state index is 12.6. The number of anilines is 2. The van der Waals surface area contributed by atoms with Crippen LogP contribution < -0.4 is 20.9 Å². The summed E-state index contributed by atoms with van der Waals surface area (Å²) >= 11 is 0. The van der Waals surface area contributed by atoms with Crippen molar-refractivity contribution >= 4 is 34.4 Å². The van der Waals surface area contributed by atoms with E-state index in [-0.39, 0.29) is 29.2 Å². The van der Waals surface area contributed by atoms with E-state index in [1.54, 1.807) is 24.5 Å². The van der Waals surface area contributed by atoms with Crippen molar-refractivity contribution in [2.24, 2.45) is 0 Å². The van der Waals surface area contributed by atoms with E-state index in [0.717, 1.165) is 50.2 Å². The second kappa shape index (κ2) is 15.2. The average molecular weight is 685 g/mol. The average Bonchev–Trinajstić information content (AvgIpc) is 3.17. The monoisotopic (exact) mass is 684 g/mol. The molecule has 260 valence electrons. The molecule has 0 bridgehead atoms. The second-order valence-electron chi connectivity index (χ2n) is 11.6. The normalized spacial score (nSPS) is 14.7. The lowest BCUT2D eigenvalue weighted by atomic mass is 10.1. The van der Waals surface area contributed by atoms with Gasteiger partial charge in [-0.15, -0.1) is 0 Å². The summed E-state index contributed by atoms with van der Waals surface area (Å²) < 4.78 is 17.6. The molecule has 0 atom stereocenters. The van der Waals surface area contributed by atoms with Crippen LogP contribution in [0.1, 0.15) is 33.0 Å². The zero-order valence-electron chi connectivity index (χ0n) is 27.4. The van der Waals surface area contributed by atoms with Gasteiger partial charge in [0.2, 0.25) is 11.5 Å². The molecular weight excluding hydrogens is 648 g/mol. The van der Waals surface area contributed by atoms with Crippen molar-refractivity contribution in [3.63, 3.8) is 0 Å². The summed E-state index contributed by atoms with van der Waals surface area (Å²) in [6.07, 6.45) is 3.94. The molecule has 7 rings (SSSR count). The number of carbonyl (C=O) groups is 2. The van der Waals surface area contributed by atoms with Crippen LogP contribution in [0.5, 0.6) is 11.5 Å². The molecule has 0 amide bonds. The number of morpholine rings is 2. The van der Waals surface area contributed by atoms with Crippen molar-refractivity contribution in [3.05, 3.63) is 105 Å². The number of ketones is 1. The van der Waals surface area contributed by atoms with Crippen molar-refractivity contribution in [1.29, 1.82) is 0 Å². The fourth-order valence-electron chi connectivity index (χ4n) is 5.71. The number of aryl methyl sites for hydroxylation is 1. The van der Waals surface area contributed by atoms with Crippen LogP contribution in [0.25, 0.3) is 11.3 Å². The quantitative estimate of drug-likeness (QED) is 0.188. The minimum atomic E-state index is -0.852. The van der Waals surface area contributed by atoms with E-state index in [1.807, 2.05) is 42.5 Å². The third-order valence-corrected chi connectivity index (χ3v) is 8.45. The molecular formula is C35H36N6O9. The molecule has 2 aliphatic rings. The Balaban J connectivity index is 0.000000178. The molecule has 2 aliphatic heterocycles. The number of hydrogen-bond donors (Lipinski definition) is 2. The Hall–Kier alpha value is -5.80. The third kappa shape index (κ3) is 7.28. The van der Waals surface area contributed by atoms with E-state index in [4.69, 9.17) is 9.47 Å². The number of aromatic hydroxyl groups is 2. The predicted octanol–water partition coefficient (Wildman–Crippen LogP) is 2.08. The summed E-state index contributed by atoms with van der Waals surface area (Å²) in [5.74, 6) is -2.52. The number of nitrogens with zero attached hydrogens (tertiary/aromatic N) is 6. The van der Waals surface area contributed by atoms with Crippen LogP contribution in [-0.2, 0) is 20.6 Å². The Kier molecular flexibility index (Phi) is 10.3. The van der Waals surface area contributed by atoms with Gasteiger partial charge >= 0.3 is 17.1 Å². The van der Waals surface area contributed by atoms with Gasteiger partial charge in [0.1, 0.15) is 11.3 Å². The molecule has 0 aliphatic carbocycles. The minimum absolute atomic E-state index is 0.167. The highest BCUT2D eigenvalue weighted by Gasteiger charge is 2.21. The van der Waals surface area contributed by atoms with Gasteiger partial charge < -0.3 is 34.2 Å². The van der Waals surface area contributed by atoms with E-state index in [0.29, 0.717) is 38.5 Å². The Morgan fingerprint density at radius 2 is 1.20 bits per heavy atom. The molecule has 5 aromatic rings. The first-order chi connectivity index (χ1) is 24.2. The molecule has 6 heterocycles. The highest BCUT2D eigenvalue weighted by molar-refractivity contribution is 5.97. The van der Waals surface area contributed by atoms with Crippen molar-refractivity contribution in [1.82, 2.24) is 18.8 Å². The number of pyridine rings is 2. The number of ether oxygens (including phenoxy) is 3. The van der Waals surface area contributed by atoms with Gasteiger partial charge in [-0.2, -0.15) is 0 Å². The fraction of sp³-hybridized carbons (Fsp3) is 0.314. The zero-order chi connectivity index (χ0) is 35.2. The number of methoxy groups -OCH3 is 1. The maximum atomic E-state index is 12.6. The standard InChI is InChI=1S/C21H21N3O4.C14H15N3O5/c25-17(8-6-15-4-2-1-3-5-15)19-20(26)21(27)24-14-16(7-9-18(24)22-19)23-10-12-28-13-11-23;1-21-14(20)11-12(18)13(19)17-8-9(2-3-10(17)15-11)16-4-6-22-7-5-16/h1-5,7,9,14,26H,6,8,10-13H2;2-3,8,18H,4-7H2,1H3. The molecule has 0 saturated carbocycles. The van der Waals surface area contributed by atoms with Gasteiger partial charge in [-0.25, -0.2) is 14.8 Å². The largest absolute Gasteiger partial charge is 0.501 e. The Morgan fingerprint density at radius 1 is 0.720 bits per heavy atom. The first-order valence-corrected chi connectivity index (χ1v) is 16.1. The molecule has 50 heavy (non-hydrogen) atoms. The molecule has 4 aromatic heterocycles. The summed E-state index contributed by atoms with van der Waals surface area (Å²) in [6, 6.07) is 16.6. The first-order valence-electron chi connectivity index (χ1n) is 16.1. The highest BCUT2D eigenvalue weighted by atomic mass is 16.5. The highest BCUT2D eigenvalue weighted by Crippen LogP contribution is 2.20. The van der Waals surface area contributed by atoms with E-state index in [1.165, 1.54) is 8.80 Å². The molecule has 1 aromatic carbocycles. The minimum Gasteiger partial charge on any atom is -0.501 e. The lowest BCUT2D eigenvalue weighted by Crippen LogP contribution is -2.36. The van der Waals surface area contributed by atoms with Crippen LogP contribution in [0.2, 0.25) is 0 Å². The predicted molar refractivity (Wildman–Crippen MR) is 183 cm³/mol. The van der Waals surface area contributed by atoms with Crippen LogP contribution in [0.4, 0.5) is 11.4 Å². The zero-order valence-corrected chi connectivity index (χ0v) is 27.4. The van der Waals surface area contributed by atoms with E-state index < -0.39 is 28.6 Å². The lowest BCUT2D eigenvalue weighted by Gasteiger charge is -2.28. The summed E-state index contributed by atoms with van der Waals surface area (Å²) in [6.45, 7) is 5.41. The molecule has 2 fully saturated rings. The molecule has 2 saturated heterocycles. The number of fused-ring (bicyclic) bond motifs is 2. The molecule has 2 N–H and O–H groups in total. The molecule has 0 radical (unpaired) electrons. The summed E-state index contributed by atoms with van der Waals surface area (Å²) in [5, 5.41) is 20.2. The number of carbonyl (C=O) groups excluding carboxylic acids is 2. The summed E-state index contributed by atoms with van der Waals surface area (Å²) in [5.41, 5.74) is 1.40. The number of Topliss-reactive ketones (excluding diaryl/α,β-unsaturated/α-hetero) is 1. The van der Waals surface area contributed by atoms with Crippen LogP contribution in [0, 0.1) is 0 Å². The number of rotatable bonds is 7. The van der Waals surface area contributed by atoms with Crippen LogP contribution in [-0.4, -0.2) is 100 Å². The van der Waals surface area contributed by atoms with Crippen molar-refractivity contribution in [2.75, 3.05) is 69.5 Å². The second-order valence-corrected chi connectivity index (χ2v) is 11.6. The first kappa shape index (κ1) is 34.1. The van der Waals surface area contributed by atoms with Gasteiger partial charge in [-0.05, 0) is 36.2 Å². The smallest absolute Gasteiger partial charge is 0.360 e. The molecule has 0 spiro atoms. The SMILES string of the molecule is COC(=O)c1nc2ccc(N3CCOCC3)cn2c(=O)c1O.O=C(CCc1ccccc1)c1nc2ccc(N3CCOCC3)cn2c(=O)c1O. The van der Waals surface area contributed by atoms with Crippen molar-refractivity contribution in [2.45, 2.75) is 12.8 Å². The molecule has 15 heteroatoms. The number of benzene rings is 1. The molecule has 15 nitrogen and oxygen atoms in total. The fourth-order valence-corrected chi connectivity index (χ4v) is 5.71. The Bertz CT molecular complexity index is 2140. The maximum Gasteiger partial charge on any atom is 0.360 e. The Morgan fingerprint density at radius 3 is 1.70 bits per heavy atom. The molecule has 0 unspecified atom stereocenters. The number of aromatic nitrogens is 4. The van der Waals surface area contributed by atoms with E-state index in [9.17, 15) is 29.4 Å².